The summed E-state index contributed by atoms with van der Waals surface area (Å²) < 4.78 is 10.0. The molecule has 5 nitrogen and oxygen atoms in total. The van der Waals surface area contributed by atoms with Crippen LogP contribution < -0.4 is 0 Å². The molecule has 0 atom stereocenters. The maximum Gasteiger partial charge on any atom is 0.341 e. The maximum atomic E-state index is 12.4. The summed E-state index contributed by atoms with van der Waals surface area (Å²) in [5.41, 5.74) is 1.96. The molecule has 1 aliphatic rings. The molecule has 0 amide bonds. The second kappa shape index (κ2) is 7.66. The van der Waals surface area contributed by atoms with Crippen LogP contribution in [0.25, 0.3) is 5.70 Å². The van der Waals surface area contributed by atoms with Crippen molar-refractivity contribution in [2.75, 3.05) is 6.61 Å². The number of thioether (sulfide) groups is 1. The number of hydrogen-bond donors (Lipinski definition) is 0. The number of rotatable bonds is 4. The molecule has 1 aromatic rings. The van der Waals surface area contributed by atoms with E-state index in [0.717, 1.165) is 10.6 Å². The van der Waals surface area contributed by atoms with Crippen molar-refractivity contribution in [1.29, 1.82) is 0 Å². The Labute approximate surface area is 171 Å². The number of aryl methyl sites for hydroxylation is 1. The first kappa shape index (κ1) is 21.5. The molecule has 0 radical (unpaired) electrons. The fourth-order valence-electron chi connectivity index (χ4n) is 2.54. The Morgan fingerprint density at radius 2 is 1.96 bits per heavy atom. The van der Waals surface area contributed by atoms with Crippen molar-refractivity contribution in [1.82, 2.24) is 4.57 Å². The molecule has 0 bridgehead atoms. The Hall–Kier alpha value is -0.820. The minimum absolute atomic E-state index is 0.219. The predicted molar refractivity (Wildman–Crippen MR) is 105 cm³/mol. The number of esters is 2. The Balaban J connectivity index is 2.36. The lowest BCUT2D eigenvalue weighted by atomic mass is 10.1. The number of fused-ring (bicyclic) bond motifs is 1. The largest absolute Gasteiger partial charge is 0.459 e. The number of nitrogens with zero attached hydrogens (tertiary/aromatic N) is 1. The summed E-state index contributed by atoms with van der Waals surface area (Å²) in [5, 5.41) is 0.735. The Morgan fingerprint density at radius 3 is 2.50 bits per heavy atom. The number of aromatic nitrogens is 1. The van der Waals surface area contributed by atoms with Crippen molar-refractivity contribution in [2.45, 2.75) is 54.3 Å². The Morgan fingerprint density at radius 1 is 1.35 bits per heavy atom. The quantitative estimate of drug-likeness (QED) is 0.374. The van der Waals surface area contributed by atoms with Gasteiger partial charge in [0.05, 0.1) is 21.4 Å². The topological polar surface area (TPSA) is 57.5 Å². The van der Waals surface area contributed by atoms with Crippen molar-refractivity contribution in [3.05, 3.63) is 23.4 Å². The molecule has 0 spiro atoms. The summed E-state index contributed by atoms with van der Waals surface area (Å²) in [4.78, 5) is 24.6. The summed E-state index contributed by atoms with van der Waals surface area (Å²) in [5.74, 6) is -1.000. The highest BCUT2D eigenvalue weighted by molar-refractivity contribution is 8.01. The molecule has 0 aliphatic carbocycles. The van der Waals surface area contributed by atoms with Gasteiger partial charge in [-0.2, -0.15) is 0 Å². The summed E-state index contributed by atoms with van der Waals surface area (Å²) >= 11 is 18.3. The van der Waals surface area contributed by atoms with Crippen molar-refractivity contribution >= 4 is 64.2 Å². The van der Waals surface area contributed by atoms with Gasteiger partial charge in [0.15, 0.2) is 0 Å². The monoisotopic (exact) mass is 439 g/mol. The van der Waals surface area contributed by atoms with Crippen LogP contribution in [-0.2, 0) is 14.3 Å². The van der Waals surface area contributed by atoms with Crippen molar-refractivity contribution in [2.24, 2.45) is 0 Å². The molecule has 144 valence electrons. The number of carbonyl (C=O) groups is 2. The zero-order valence-corrected chi connectivity index (χ0v) is 18.1. The van der Waals surface area contributed by atoms with Crippen molar-refractivity contribution < 1.29 is 19.1 Å². The number of hydrogen-bond acceptors (Lipinski definition) is 5. The van der Waals surface area contributed by atoms with Crippen molar-refractivity contribution in [3.8, 4) is 0 Å². The number of carbonyl (C=O) groups excluding carboxylic acids is 2. The highest BCUT2D eigenvalue weighted by Crippen LogP contribution is 2.50. The minimum atomic E-state index is -1.67. The summed E-state index contributed by atoms with van der Waals surface area (Å²) in [6.45, 7) is 8.97. The molecule has 9 heteroatoms. The van der Waals surface area contributed by atoms with Crippen LogP contribution in [0, 0.1) is 6.92 Å². The van der Waals surface area contributed by atoms with E-state index in [2.05, 4.69) is 0 Å². The zero-order valence-electron chi connectivity index (χ0n) is 15.1. The van der Waals surface area contributed by atoms with Gasteiger partial charge in [-0.3, -0.25) is 0 Å². The van der Waals surface area contributed by atoms with E-state index in [4.69, 9.17) is 44.3 Å². The first-order valence-electron chi connectivity index (χ1n) is 7.90. The zero-order chi connectivity index (χ0) is 19.9. The molecule has 0 aromatic carbocycles. The van der Waals surface area contributed by atoms with E-state index in [0.29, 0.717) is 11.3 Å². The normalized spacial score (nSPS) is 17.5. The fraction of sp³-hybridized carbons (Fsp3) is 0.529. The summed E-state index contributed by atoms with van der Waals surface area (Å²) in [6, 6.07) is 0. The van der Waals surface area contributed by atoms with Gasteiger partial charge in [-0.15, -0.1) is 0 Å². The number of halogens is 3. The lowest BCUT2D eigenvalue weighted by Gasteiger charge is -2.19. The van der Waals surface area contributed by atoms with Crippen LogP contribution in [0.5, 0.6) is 0 Å². The summed E-state index contributed by atoms with van der Waals surface area (Å²) in [6.07, 6.45) is 2.95. The first-order valence-corrected chi connectivity index (χ1v) is 9.85. The molecule has 0 saturated carbocycles. The molecule has 1 aliphatic heterocycles. The van der Waals surface area contributed by atoms with Gasteiger partial charge in [0.25, 0.3) is 0 Å². The van der Waals surface area contributed by atoms with Gasteiger partial charge in [-0.1, -0.05) is 46.6 Å². The first-order chi connectivity index (χ1) is 11.8. The SMILES string of the molecule is Cc1cn2c(c1C(=O)OC(C)C)SC(C)(C)C2=CC(=O)OCC(Cl)(Cl)Cl. The van der Waals surface area contributed by atoms with Gasteiger partial charge in [-0.05, 0) is 40.2 Å². The van der Waals surface area contributed by atoms with E-state index in [9.17, 15) is 9.59 Å². The van der Waals surface area contributed by atoms with Gasteiger partial charge in [0.2, 0.25) is 3.79 Å². The van der Waals surface area contributed by atoms with E-state index < -0.39 is 14.5 Å². The third-order valence-corrected chi connectivity index (χ3v) is 5.20. The molecular weight excluding hydrogens is 421 g/mol. The van der Waals surface area contributed by atoms with Gasteiger partial charge >= 0.3 is 11.9 Å². The van der Waals surface area contributed by atoms with Crippen molar-refractivity contribution in [3.63, 3.8) is 0 Å². The number of ether oxygens (including phenoxy) is 2. The second-order valence-electron chi connectivity index (χ2n) is 6.68. The van der Waals surface area contributed by atoms with Crippen LogP contribution >= 0.6 is 46.6 Å². The van der Waals surface area contributed by atoms with Crippen LogP contribution in [0.15, 0.2) is 17.3 Å². The van der Waals surface area contributed by atoms with E-state index in [-0.39, 0.29) is 18.7 Å². The Kier molecular flexibility index (Phi) is 6.33. The summed E-state index contributed by atoms with van der Waals surface area (Å²) in [7, 11) is 0. The highest BCUT2D eigenvalue weighted by Gasteiger charge is 2.40. The standard InChI is InChI=1S/C17H20Cl3NO4S/c1-9(2)25-15(23)13-10(3)7-21-11(16(4,5)26-14(13)21)6-12(22)24-8-17(18,19)20/h6-7,9H,8H2,1-5H3. The van der Waals surface area contributed by atoms with Gasteiger partial charge in [0.1, 0.15) is 6.61 Å². The Bertz CT molecular complexity index is 763. The van der Waals surface area contributed by atoms with E-state index in [1.54, 1.807) is 13.8 Å². The average molecular weight is 441 g/mol. The maximum absolute atomic E-state index is 12.4. The van der Waals surface area contributed by atoms with Crippen LogP contribution in [0.4, 0.5) is 0 Å². The van der Waals surface area contributed by atoms with Crippen LogP contribution in [0.2, 0.25) is 0 Å². The van der Waals surface area contributed by atoms with Crippen LogP contribution in [0.1, 0.15) is 43.6 Å². The average Bonchev–Trinajstić information content (AvgIpc) is 2.87. The third kappa shape index (κ3) is 4.91. The van der Waals surface area contributed by atoms with Crippen LogP contribution in [0.3, 0.4) is 0 Å². The smallest absolute Gasteiger partial charge is 0.341 e. The molecular formula is C17H20Cl3NO4S. The number of alkyl halides is 3. The molecule has 0 fully saturated rings. The van der Waals surface area contributed by atoms with Crippen LogP contribution in [-0.4, -0.2) is 37.8 Å². The predicted octanol–water partition coefficient (Wildman–Crippen LogP) is 5.00. The van der Waals surface area contributed by atoms with E-state index >= 15 is 0 Å². The molecule has 0 unspecified atom stereocenters. The van der Waals surface area contributed by atoms with Gasteiger partial charge < -0.3 is 14.0 Å². The molecule has 2 rings (SSSR count). The second-order valence-corrected chi connectivity index (χ2v) is 10.8. The van der Waals surface area contributed by atoms with Gasteiger partial charge in [0, 0.05) is 18.0 Å². The molecule has 0 N–H and O–H groups in total. The third-order valence-electron chi connectivity index (χ3n) is 3.56. The lowest BCUT2D eigenvalue weighted by molar-refractivity contribution is -0.137. The molecule has 1 aromatic heterocycles. The van der Waals surface area contributed by atoms with E-state index in [1.165, 1.54) is 17.8 Å². The molecule has 2 heterocycles. The molecule has 26 heavy (non-hydrogen) atoms. The fourth-order valence-corrected chi connectivity index (χ4v) is 4.04. The van der Waals surface area contributed by atoms with E-state index in [1.807, 2.05) is 31.5 Å². The minimum Gasteiger partial charge on any atom is -0.459 e. The highest BCUT2D eigenvalue weighted by atomic mass is 35.6. The lowest BCUT2D eigenvalue weighted by Crippen LogP contribution is -2.19. The molecule has 0 saturated heterocycles. The van der Waals surface area contributed by atoms with Gasteiger partial charge in [-0.25, -0.2) is 9.59 Å².